The largest absolute Gasteiger partial charge is 0.444 e. The van der Waals surface area contributed by atoms with E-state index in [2.05, 4.69) is 0 Å². The van der Waals surface area contributed by atoms with Gasteiger partial charge >= 0.3 is 0 Å². The van der Waals surface area contributed by atoms with Crippen LogP contribution in [0.2, 0.25) is 5.22 Å². The third-order valence-corrected chi connectivity index (χ3v) is 3.93. The van der Waals surface area contributed by atoms with Gasteiger partial charge in [-0.05, 0) is 17.7 Å². The Morgan fingerprint density at radius 2 is 1.94 bits per heavy atom. The monoisotopic (exact) mass is 271 g/mol. The molecule has 0 atom stereocenters. The van der Waals surface area contributed by atoms with Crippen molar-refractivity contribution in [1.29, 1.82) is 0 Å². The Labute approximate surface area is 108 Å². The van der Waals surface area contributed by atoms with E-state index in [9.17, 15) is 8.78 Å². The van der Waals surface area contributed by atoms with Crippen LogP contribution in [0, 0.1) is 0 Å². The summed E-state index contributed by atoms with van der Waals surface area (Å²) < 4.78 is 31.8. The molecule has 0 saturated heterocycles. The summed E-state index contributed by atoms with van der Waals surface area (Å²) in [5.41, 5.74) is 6.19. The van der Waals surface area contributed by atoms with Gasteiger partial charge in [-0.2, -0.15) is 0 Å². The summed E-state index contributed by atoms with van der Waals surface area (Å²) in [5.74, 6) is -2.65. The van der Waals surface area contributed by atoms with Crippen LogP contribution >= 0.6 is 11.6 Å². The number of benzene rings is 1. The zero-order valence-electron chi connectivity index (χ0n) is 9.55. The fraction of sp³-hybridized carbons (Fsp3) is 0.385. The summed E-state index contributed by atoms with van der Waals surface area (Å²) >= 11 is 6.07. The molecule has 1 aliphatic carbocycles. The first-order valence-corrected chi connectivity index (χ1v) is 6.11. The van der Waals surface area contributed by atoms with Crippen molar-refractivity contribution in [1.82, 2.24) is 0 Å². The maximum absolute atomic E-state index is 13.2. The smallest absolute Gasteiger partial charge is 0.250 e. The predicted molar refractivity (Wildman–Crippen MR) is 66.1 cm³/mol. The van der Waals surface area contributed by atoms with E-state index >= 15 is 0 Å². The van der Waals surface area contributed by atoms with Crippen molar-refractivity contribution in [2.45, 2.75) is 24.2 Å². The third-order valence-electron chi connectivity index (χ3n) is 3.67. The van der Waals surface area contributed by atoms with E-state index in [0.717, 1.165) is 5.39 Å². The van der Waals surface area contributed by atoms with Crippen molar-refractivity contribution in [2.24, 2.45) is 5.73 Å². The number of para-hydroxylation sites is 1. The highest BCUT2D eigenvalue weighted by Gasteiger charge is 2.58. The number of nitrogens with two attached hydrogens (primary N) is 1. The molecule has 0 bridgehead atoms. The first-order chi connectivity index (χ1) is 8.47. The van der Waals surface area contributed by atoms with Crippen LogP contribution in [-0.4, -0.2) is 12.5 Å². The molecular weight excluding hydrogens is 260 g/mol. The molecule has 0 radical (unpaired) electrons. The van der Waals surface area contributed by atoms with Crippen LogP contribution in [0.25, 0.3) is 11.0 Å². The van der Waals surface area contributed by atoms with Crippen LogP contribution in [0.1, 0.15) is 18.4 Å². The number of hydrogen-bond acceptors (Lipinski definition) is 2. The second-order valence-corrected chi connectivity index (χ2v) is 5.28. The second-order valence-electron chi connectivity index (χ2n) is 4.94. The van der Waals surface area contributed by atoms with Gasteiger partial charge in [0.25, 0.3) is 0 Å². The minimum Gasteiger partial charge on any atom is -0.444 e. The number of alkyl halides is 2. The molecule has 1 aromatic carbocycles. The van der Waals surface area contributed by atoms with E-state index in [1.54, 1.807) is 6.07 Å². The molecule has 0 aliphatic heterocycles. The Balaban J connectivity index is 2.17. The lowest BCUT2D eigenvalue weighted by Crippen LogP contribution is -2.53. The van der Waals surface area contributed by atoms with Gasteiger partial charge in [0.2, 0.25) is 5.92 Å². The quantitative estimate of drug-likeness (QED) is 0.904. The molecule has 2 N–H and O–H groups in total. The highest BCUT2D eigenvalue weighted by atomic mass is 35.5. The van der Waals surface area contributed by atoms with Crippen molar-refractivity contribution in [3.63, 3.8) is 0 Å². The van der Waals surface area contributed by atoms with E-state index in [1.165, 1.54) is 0 Å². The van der Waals surface area contributed by atoms with Crippen LogP contribution < -0.4 is 5.73 Å². The van der Waals surface area contributed by atoms with Crippen molar-refractivity contribution < 1.29 is 13.2 Å². The molecule has 96 valence electrons. The standard InChI is InChI=1S/C13H12ClF2NO/c14-11-10(8-3-1-2-4-9(8)18-11)12(7-17)5-13(15,16)6-12/h1-4H,5-7,17H2. The van der Waals surface area contributed by atoms with Crippen molar-refractivity contribution in [3.05, 3.63) is 35.0 Å². The van der Waals surface area contributed by atoms with E-state index in [0.29, 0.717) is 11.1 Å². The van der Waals surface area contributed by atoms with E-state index in [1.807, 2.05) is 18.2 Å². The molecule has 1 saturated carbocycles. The van der Waals surface area contributed by atoms with Gasteiger partial charge in [-0.15, -0.1) is 0 Å². The van der Waals surface area contributed by atoms with Crippen LogP contribution in [0.15, 0.2) is 28.7 Å². The summed E-state index contributed by atoms with van der Waals surface area (Å²) in [6, 6.07) is 7.24. The van der Waals surface area contributed by atoms with Gasteiger partial charge in [-0.1, -0.05) is 18.2 Å². The van der Waals surface area contributed by atoms with Gasteiger partial charge in [-0.3, -0.25) is 0 Å². The van der Waals surface area contributed by atoms with Gasteiger partial charge in [0.1, 0.15) is 5.58 Å². The molecule has 1 aliphatic rings. The fourth-order valence-electron chi connectivity index (χ4n) is 2.87. The van der Waals surface area contributed by atoms with Crippen molar-refractivity contribution >= 4 is 22.6 Å². The van der Waals surface area contributed by atoms with E-state index < -0.39 is 11.3 Å². The van der Waals surface area contributed by atoms with Gasteiger partial charge < -0.3 is 10.2 Å². The number of rotatable bonds is 2. The molecule has 2 nitrogen and oxygen atoms in total. The second kappa shape index (κ2) is 3.68. The summed E-state index contributed by atoms with van der Waals surface area (Å²) in [7, 11) is 0. The van der Waals surface area contributed by atoms with Crippen LogP contribution in [0.4, 0.5) is 8.78 Å². The normalized spacial score (nSPS) is 20.9. The lowest BCUT2D eigenvalue weighted by molar-refractivity contribution is -0.123. The SMILES string of the molecule is NCC1(c2c(Cl)oc3ccccc23)CC(F)(F)C1. The Morgan fingerprint density at radius 1 is 1.28 bits per heavy atom. The third kappa shape index (κ3) is 1.56. The van der Waals surface area contributed by atoms with Gasteiger partial charge in [0, 0.05) is 35.8 Å². The average molecular weight is 272 g/mol. The molecule has 0 unspecified atom stereocenters. The molecule has 1 heterocycles. The van der Waals surface area contributed by atoms with Gasteiger partial charge in [-0.25, -0.2) is 8.78 Å². The molecule has 2 aromatic rings. The minimum absolute atomic E-state index is 0.145. The number of furan rings is 1. The number of halogens is 3. The summed E-state index contributed by atoms with van der Waals surface area (Å²) in [6.07, 6.45) is -0.528. The molecule has 0 spiro atoms. The van der Waals surface area contributed by atoms with E-state index in [-0.39, 0.29) is 24.6 Å². The Hall–Kier alpha value is -1.13. The summed E-state index contributed by atoms with van der Waals surface area (Å²) in [6.45, 7) is 0.145. The van der Waals surface area contributed by atoms with Crippen LogP contribution in [-0.2, 0) is 5.41 Å². The minimum atomic E-state index is -2.65. The van der Waals surface area contributed by atoms with Crippen LogP contribution in [0.5, 0.6) is 0 Å². The van der Waals surface area contributed by atoms with Crippen molar-refractivity contribution in [3.8, 4) is 0 Å². The Kier molecular flexibility index (Phi) is 2.44. The maximum atomic E-state index is 13.2. The molecule has 5 heteroatoms. The Morgan fingerprint density at radius 3 is 2.56 bits per heavy atom. The van der Waals surface area contributed by atoms with Crippen molar-refractivity contribution in [2.75, 3.05) is 6.54 Å². The lowest BCUT2D eigenvalue weighted by Gasteiger charge is -2.46. The van der Waals surface area contributed by atoms with Gasteiger partial charge in [0.15, 0.2) is 5.22 Å². The first-order valence-electron chi connectivity index (χ1n) is 5.73. The topological polar surface area (TPSA) is 39.2 Å². The van der Waals surface area contributed by atoms with Crippen LogP contribution in [0.3, 0.4) is 0 Å². The highest BCUT2D eigenvalue weighted by molar-refractivity contribution is 6.31. The summed E-state index contributed by atoms with van der Waals surface area (Å²) in [5, 5.41) is 0.959. The highest BCUT2D eigenvalue weighted by Crippen LogP contribution is 2.56. The number of fused-ring (bicyclic) bond motifs is 1. The average Bonchev–Trinajstić information content (AvgIpc) is 2.61. The predicted octanol–water partition coefficient (Wildman–Crippen LogP) is 3.71. The molecule has 18 heavy (non-hydrogen) atoms. The first kappa shape index (κ1) is 11.9. The fourth-order valence-corrected chi connectivity index (χ4v) is 3.26. The molecule has 0 amide bonds. The van der Waals surface area contributed by atoms with Gasteiger partial charge in [0.05, 0.1) is 0 Å². The molecule has 3 rings (SSSR count). The number of hydrogen-bond donors (Lipinski definition) is 1. The zero-order chi connectivity index (χ0) is 13.0. The zero-order valence-corrected chi connectivity index (χ0v) is 10.3. The summed E-state index contributed by atoms with van der Waals surface area (Å²) in [4.78, 5) is 0. The maximum Gasteiger partial charge on any atom is 0.250 e. The molecule has 1 fully saturated rings. The molecular formula is C13H12ClF2NO. The molecule has 1 aromatic heterocycles. The Bertz CT molecular complexity index is 600. The van der Waals surface area contributed by atoms with E-state index in [4.69, 9.17) is 21.8 Å². The lowest BCUT2D eigenvalue weighted by atomic mass is 9.62.